The van der Waals surface area contributed by atoms with Crippen LogP contribution in [0.3, 0.4) is 0 Å². The third-order valence-corrected chi connectivity index (χ3v) is 3.77. The number of carbonyl (C=O) groups is 1. The summed E-state index contributed by atoms with van der Waals surface area (Å²) in [5.41, 5.74) is 1.93. The molecule has 0 spiro atoms. The fraction of sp³-hybridized carbons (Fsp3) is 0.588. The summed E-state index contributed by atoms with van der Waals surface area (Å²) in [5.74, 6) is 1.10. The van der Waals surface area contributed by atoms with E-state index in [4.69, 9.17) is 4.74 Å². The Bertz CT molecular complexity index is 480. The summed E-state index contributed by atoms with van der Waals surface area (Å²) in [7, 11) is 1.63. The molecule has 0 atom stereocenters. The minimum absolute atomic E-state index is 0.0408. The van der Waals surface area contributed by atoms with Crippen LogP contribution in [0.1, 0.15) is 39.5 Å². The molecule has 0 radical (unpaired) electrons. The van der Waals surface area contributed by atoms with Crippen LogP contribution in [-0.2, 0) is 4.79 Å². The topological polar surface area (TPSA) is 41.6 Å². The molecule has 0 aromatic heterocycles. The van der Waals surface area contributed by atoms with Gasteiger partial charge in [0.1, 0.15) is 5.75 Å². The summed E-state index contributed by atoms with van der Waals surface area (Å²) in [6, 6.07) is 6.04. The number of nitrogens with one attached hydrogen (secondary N) is 1. The predicted octanol–water partition coefficient (Wildman–Crippen LogP) is 3.67. The van der Waals surface area contributed by atoms with Crippen molar-refractivity contribution in [1.29, 1.82) is 0 Å². The molecule has 2 rings (SSSR count). The molecule has 1 aromatic carbocycles. The molecule has 1 aliphatic rings. The number of hydrogen-bond donors (Lipinski definition) is 1. The molecule has 0 aliphatic carbocycles. The van der Waals surface area contributed by atoms with Crippen LogP contribution < -0.4 is 15.0 Å². The number of amides is 1. The Hall–Kier alpha value is -1.71. The minimum atomic E-state index is 0.0408. The summed E-state index contributed by atoms with van der Waals surface area (Å²) in [6.07, 6.45) is 4.31. The predicted molar refractivity (Wildman–Crippen MR) is 87.1 cm³/mol. The number of anilines is 2. The molecule has 0 saturated carbocycles. The lowest BCUT2D eigenvalue weighted by molar-refractivity contribution is -0.116. The second-order valence-electron chi connectivity index (χ2n) is 6.08. The maximum absolute atomic E-state index is 12.0. The van der Waals surface area contributed by atoms with E-state index in [1.165, 1.54) is 19.3 Å². The third kappa shape index (κ3) is 4.38. The van der Waals surface area contributed by atoms with Crippen molar-refractivity contribution in [3.63, 3.8) is 0 Å². The molecule has 1 saturated heterocycles. The normalized spacial score (nSPS) is 15.1. The SMILES string of the molecule is COc1ccc(N2CCCCC2)cc1NC(=O)CC(C)C. The van der Waals surface area contributed by atoms with Crippen LogP contribution in [0.5, 0.6) is 5.75 Å². The van der Waals surface area contributed by atoms with Gasteiger partial charge in [-0.25, -0.2) is 0 Å². The highest BCUT2D eigenvalue weighted by atomic mass is 16.5. The number of nitrogens with zero attached hydrogens (tertiary/aromatic N) is 1. The van der Waals surface area contributed by atoms with Crippen LogP contribution in [0.2, 0.25) is 0 Å². The average Bonchev–Trinajstić information content (AvgIpc) is 2.47. The van der Waals surface area contributed by atoms with Gasteiger partial charge >= 0.3 is 0 Å². The number of ether oxygens (including phenoxy) is 1. The summed E-state index contributed by atoms with van der Waals surface area (Å²) >= 11 is 0. The molecule has 1 N–H and O–H groups in total. The molecule has 0 bridgehead atoms. The summed E-state index contributed by atoms with van der Waals surface area (Å²) in [6.45, 7) is 6.26. The average molecular weight is 290 g/mol. The van der Waals surface area contributed by atoms with E-state index in [2.05, 4.69) is 16.3 Å². The van der Waals surface area contributed by atoms with Gasteiger partial charge in [-0.1, -0.05) is 13.8 Å². The van der Waals surface area contributed by atoms with Gasteiger partial charge < -0.3 is 15.0 Å². The van der Waals surface area contributed by atoms with Gasteiger partial charge in [-0.05, 0) is 43.4 Å². The van der Waals surface area contributed by atoms with Crippen molar-refractivity contribution in [3.8, 4) is 5.75 Å². The lowest BCUT2D eigenvalue weighted by Gasteiger charge is -2.29. The zero-order valence-electron chi connectivity index (χ0n) is 13.3. The molecular formula is C17H26N2O2. The highest BCUT2D eigenvalue weighted by Crippen LogP contribution is 2.31. The second kappa shape index (κ2) is 7.34. The van der Waals surface area contributed by atoms with Gasteiger partial charge in [0.05, 0.1) is 12.8 Å². The Morgan fingerprint density at radius 2 is 2.00 bits per heavy atom. The van der Waals surface area contributed by atoms with Gasteiger partial charge in [-0.15, -0.1) is 0 Å². The number of methoxy groups -OCH3 is 1. The van der Waals surface area contributed by atoms with Crippen molar-refractivity contribution in [2.45, 2.75) is 39.5 Å². The van der Waals surface area contributed by atoms with E-state index < -0.39 is 0 Å². The van der Waals surface area contributed by atoms with Crippen LogP contribution in [0.15, 0.2) is 18.2 Å². The van der Waals surface area contributed by atoms with E-state index in [0.29, 0.717) is 18.1 Å². The minimum Gasteiger partial charge on any atom is -0.495 e. The first-order valence-corrected chi connectivity index (χ1v) is 7.83. The first-order valence-electron chi connectivity index (χ1n) is 7.83. The number of carbonyl (C=O) groups excluding carboxylic acids is 1. The molecule has 4 heteroatoms. The lowest BCUT2D eigenvalue weighted by atomic mass is 10.1. The van der Waals surface area contributed by atoms with Crippen LogP contribution in [0.25, 0.3) is 0 Å². The molecule has 1 heterocycles. The van der Waals surface area contributed by atoms with E-state index in [-0.39, 0.29) is 5.91 Å². The highest BCUT2D eigenvalue weighted by Gasteiger charge is 2.15. The zero-order chi connectivity index (χ0) is 15.2. The van der Waals surface area contributed by atoms with Gasteiger partial charge in [0.25, 0.3) is 0 Å². The quantitative estimate of drug-likeness (QED) is 0.899. The number of benzene rings is 1. The van der Waals surface area contributed by atoms with E-state index >= 15 is 0 Å². The van der Waals surface area contributed by atoms with E-state index in [0.717, 1.165) is 24.5 Å². The lowest BCUT2D eigenvalue weighted by Crippen LogP contribution is -2.29. The van der Waals surface area contributed by atoms with Crippen molar-refractivity contribution in [2.24, 2.45) is 5.92 Å². The Kier molecular flexibility index (Phi) is 5.48. The van der Waals surface area contributed by atoms with Crippen LogP contribution in [-0.4, -0.2) is 26.1 Å². The third-order valence-electron chi connectivity index (χ3n) is 3.77. The number of piperidine rings is 1. The fourth-order valence-electron chi connectivity index (χ4n) is 2.71. The van der Waals surface area contributed by atoms with E-state index in [1.54, 1.807) is 7.11 Å². The highest BCUT2D eigenvalue weighted by molar-refractivity contribution is 5.93. The maximum Gasteiger partial charge on any atom is 0.224 e. The summed E-state index contributed by atoms with van der Waals surface area (Å²) in [4.78, 5) is 14.4. The van der Waals surface area contributed by atoms with Gasteiger partial charge in [-0.2, -0.15) is 0 Å². The van der Waals surface area contributed by atoms with Gasteiger partial charge in [0, 0.05) is 25.2 Å². The van der Waals surface area contributed by atoms with Crippen LogP contribution >= 0.6 is 0 Å². The van der Waals surface area contributed by atoms with Crippen molar-refractivity contribution in [2.75, 3.05) is 30.4 Å². The first-order chi connectivity index (χ1) is 10.1. The Morgan fingerprint density at radius 1 is 1.29 bits per heavy atom. The monoisotopic (exact) mass is 290 g/mol. The van der Waals surface area contributed by atoms with Crippen molar-refractivity contribution in [1.82, 2.24) is 0 Å². The van der Waals surface area contributed by atoms with E-state index in [9.17, 15) is 4.79 Å². The second-order valence-corrected chi connectivity index (χ2v) is 6.08. The molecule has 1 fully saturated rings. The van der Waals surface area contributed by atoms with Crippen LogP contribution in [0, 0.1) is 5.92 Å². The molecule has 1 aromatic rings. The molecule has 21 heavy (non-hydrogen) atoms. The molecule has 0 unspecified atom stereocenters. The fourth-order valence-corrected chi connectivity index (χ4v) is 2.71. The smallest absolute Gasteiger partial charge is 0.224 e. The Balaban J connectivity index is 2.15. The summed E-state index contributed by atoms with van der Waals surface area (Å²) < 4.78 is 5.36. The Labute approximate surface area is 127 Å². The van der Waals surface area contributed by atoms with Gasteiger partial charge in [0.15, 0.2) is 0 Å². The molecule has 4 nitrogen and oxygen atoms in total. The zero-order valence-corrected chi connectivity index (χ0v) is 13.3. The van der Waals surface area contributed by atoms with Crippen molar-refractivity contribution < 1.29 is 9.53 Å². The summed E-state index contributed by atoms with van der Waals surface area (Å²) in [5, 5.41) is 2.98. The molecule has 1 amide bonds. The molecule has 116 valence electrons. The van der Waals surface area contributed by atoms with Crippen molar-refractivity contribution in [3.05, 3.63) is 18.2 Å². The standard InChI is InChI=1S/C17H26N2O2/c1-13(2)11-17(20)18-15-12-14(7-8-16(15)21-3)19-9-5-4-6-10-19/h7-8,12-13H,4-6,9-11H2,1-3H3,(H,18,20). The number of hydrogen-bond acceptors (Lipinski definition) is 3. The molecule has 1 aliphatic heterocycles. The van der Waals surface area contributed by atoms with E-state index in [1.807, 2.05) is 26.0 Å². The van der Waals surface area contributed by atoms with Crippen LogP contribution in [0.4, 0.5) is 11.4 Å². The largest absolute Gasteiger partial charge is 0.495 e. The maximum atomic E-state index is 12.0. The van der Waals surface area contributed by atoms with Gasteiger partial charge in [-0.3, -0.25) is 4.79 Å². The molecular weight excluding hydrogens is 264 g/mol. The first kappa shape index (κ1) is 15.7. The van der Waals surface area contributed by atoms with Crippen molar-refractivity contribution >= 4 is 17.3 Å². The Morgan fingerprint density at radius 3 is 2.62 bits per heavy atom. The van der Waals surface area contributed by atoms with Gasteiger partial charge in [0.2, 0.25) is 5.91 Å². The number of rotatable bonds is 5.